The number of rotatable bonds is 6. The molecule has 1 rings (SSSR count). The summed E-state index contributed by atoms with van der Waals surface area (Å²) in [6.07, 6.45) is 5.79. The largest absolute Gasteiger partial charge is 0.312 e. The fraction of sp³-hybridized carbons (Fsp3) is 0.692. The van der Waals surface area contributed by atoms with E-state index in [4.69, 9.17) is 0 Å². The average Bonchev–Trinajstić information content (AvgIpc) is 2.59. The van der Waals surface area contributed by atoms with Gasteiger partial charge in [-0.1, -0.05) is 0 Å². The first kappa shape index (κ1) is 13.9. The Hall–Kier alpha value is -1.16. The fourth-order valence-corrected chi connectivity index (χ4v) is 1.59. The molecule has 0 atom stereocenters. The third kappa shape index (κ3) is 6.22. The van der Waals surface area contributed by atoms with Gasteiger partial charge in [0.15, 0.2) is 0 Å². The van der Waals surface area contributed by atoms with Crippen molar-refractivity contribution in [2.45, 2.75) is 45.6 Å². The molecule has 96 valence electrons. The number of hydrogen-bond acceptors (Lipinski definition) is 3. The van der Waals surface area contributed by atoms with Crippen LogP contribution in [-0.4, -0.2) is 27.6 Å². The van der Waals surface area contributed by atoms with Crippen molar-refractivity contribution in [3.63, 3.8) is 0 Å². The van der Waals surface area contributed by atoms with Crippen LogP contribution in [0.5, 0.6) is 0 Å². The van der Waals surface area contributed by atoms with E-state index < -0.39 is 0 Å². The lowest BCUT2D eigenvalue weighted by atomic mass is 10.1. The number of carbonyl (C=O) groups excluding carboxylic acids is 1. The average molecular weight is 237 g/mol. The van der Waals surface area contributed by atoms with Crippen LogP contribution in [0, 0.1) is 0 Å². The summed E-state index contributed by atoms with van der Waals surface area (Å²) in [7, 11) is 1.89. The van der Waals surface area contributed by atoms with Gasteiger partial charge in [-0.2, -0.15) is 5.10 Å². The molecule has 0 aliphatic carbocycles. The van der Waals surface area contributed by atoms with Crippen molar-refractivity contribution in [3.05, 3.63) is 18.0 Å². The fourth-order valence-electron chi connectivity index (χ4n) is 1.59. The van der Waals surface area contributed by atoms with E-state index in [1.807, 2.05) is 19.4 Å². The summed E-state index contributed by atoms with van der Waals surface area (Å²) in [4.78, 5) is 11.6. The van der Waals surface area contributed by atoms with Gasteiger partial charge in [0.2, 0.25) is 0 Å². The van der Waals surface area contributed by atoms with Crippen LogP contribution in [0.15, 0.2) is 12.4 Å². The van der Waals surface area contributed by atoms with Gasteiger partial charge >= 0.3 is 0 Å². The van der Waals surface area contributed by atoms with Gasteiger partial charge in [0.1, 0.15) is 5.78 Å². The molecule has 4 heteroatoms. The van der Waals surface area contributed by atoms with Crippen LogP contribution in [0.3, 0.4) is 0 Å². The number of aromatic nitrogens is 2. The number of aryl methyl sites for hydroxylation is 2. The Morgan fingerprint density at radius 3 is 2.65 bits per heavy atom. The zero-order chi connectivity index (χ0) is 12.9. The zero-order valence-electron chi connectivity index (χ0n) is 11.3. The lowest BCUT2D eigenvalue weighted by Gasteiger charge is -2.20. The van der Waals surface area contributed by atoms with Gasteiger partial charge in [0.05, 0.1) is 6.20 Å². The summed E-state index contributed by atoms with van der Waals surface area (Å²) in [6, 6.07) is 0. The molecule has 0 saturated carbocycles. The van der Waals surface area contributed by atoms with Crippen LogP contribution in [0.4, 0.5) is 0 Å². The Morgan fingerprint density at radius 1 is 1.41 bits per heavy atom. The quantitative estimate of drug-likeness (QED) is 0.819. The van der Waals surface area contributed by atoms with Crippen molar-refractivity contribution in [1.82, 2.24) is 15.1 Å². The summed E-state index contributed by atoms with van der Waals surface area (Å²) >= 11 is 0. The van der Waals surface area contributed by atoms with Crippen LogP contribution in [0.1, 0.15) is 39.2 Å². The maximum absolute atomic E-state index is 11.6. The summed E-state index contributed by atoms with van der Waals surface area (Å²) in [6.45, 7) is 7.07. The number of hydrogen-bond donors (Lipinski definition) is 1. The standard InChI is InChI=1S/C13H23N3O/c1-13(2,3)14-8-7-12(17)6-5-11-9-15-16(4)10-11/h9-10,14H,5-8H2,1-4H3. The van der Waals surface area contributed by atoms with E-state index in [1.54, 1.807) is 4.68 Å². The molecule has 1 heterocycles. The molecule has 0 fully saturated rings. The number of nitrogens with zero attached hydrogens (tertiary/aromatic N) is 2. The molecule has 0 aromatic carbocycles. The van der Waals surface area contributed by atoms with Gasteiger partial charge in [-0.3, -0.25) is 9.48 Å². The molecule has 1 aromatic rings. The van der Waals surface area contributed by atoms with Gasteiger partial charge in [-0.05, 0) is 32.8 Å². The zero-order valence-corrected chi connectivity index (χ0v) is 11.3. The number of ketones is 1. The van der Waals surface area contributed by atoms with Crippen molar-refractivity contribution in [1.29, 1.82) is 0 Å². The van der Waals surface area contributed by atoms with Crippen molar-refractivity contribution < 1.29 is 4.79 Å². The van der Waals surface area contributed by atoms with E-state index in [9.17, 15) is 4.79 Å². The van der Waals surface area contributed by atoms with Crippen molar-refractivity contribution in [3.8, 4) is 0 Å². The highest BCUT2D eigenvalue weighted by Crippen LogP contribution is 2.03. The second kappa shape index (κ2) is 5.96. The molecule has 17 heavy (non-hydrogen) atoms. The second-order valence-corrected chi connectivity index (χ2v) is 5.49. The van der Waals surface area contributed by atoms with Gasteiger partial charge in [0, 0.05) is 38.2 Å². The highest BCUT2D eigenvalue weighted by molar-refractivity contribution is 5.78. The van der Waals surface area contributed by atoms with Crippen LogP contribution >= 0.6 is 0 Å². The summed E-state index contributed by atoms with van der Waals surface area (Å²) < 4.78 is 1.76. The molecule has 0 aliphatic rings. The Labute approximate surface area is 103 Å². The van der Waals surface area contributed by atoms with E-state index in [2.05, 4.69) is 31.2 Å². The predicted octanol–water partition coefficient (Wildman–Crippen LogP) is 1.70. The Morgan fingerprint density at radius 2 is 2.12 bits per heavy atom. The van der Waals surface area contributed by atoms with E-state index in [0.29, 0.717) is 18.6 Å². The SMILES string of the molecule is Cn1cc(CCC(=O)CCNC(C)(C)C)cn1. The number of carbonyl (C=O) groups is 1. The Kier molecular flexibility index (Phi) is 4.87. The normalized spacial score (nSPS) is 11.8. The lowest BCUT2D eigenvalue weighted by Crippen LogP contribution is -2.37. The predicted molar refractivity (Wildman–Crippen MR) is 68.9 cm³/mol. The molecule has 0 saturated heterocycles. The smallest absolute Gasteiger partial charge is 0.134 e. The molecular weight excluding hydrogens is 214 g/mol. The minimum atomic E-state index is 0.0869. The highest BCUT2D eigenvalue weighted by Gasteiger charge is 2.09. The maximum Gasteiger partial charge on any atom is 0.134 e. The molecule has 0 spiro atoms. The van der Waals surface area contributed by atoms with E-state index in [1.165, 1.54) is 0 Å². The van der Waals surface area contributed by atoms with Crippen molar-refractivity contribution in [2.24, 2.45) is 7.05 Å². The van der Waals surface area contributed by atoms with Gasteiger partial charge in [0.25, 0.3) is 0 Å². The topological polar surface area (TPSA) is 46.9 Å². The van der Waals surface area contributed by atoms with Crippen molar-refractivity contribution in [2.75, 3.05) is 6.54 Å². The van der Waals surface area contributed by atoms with Gasteiger partial charge < -0.3 is 5.32 Å². The first-order valence-corrected chi connectivity index (χ1v) is 6.11. The third-order valence-electron chi connectivity index (χ3n) is 2.51. The molecule has 0 aliphatic heterocycles. The molecule has 0 amide bonds. The van der Waals surface area contributed by atoms with Crippen LogP contribution in [0.25, 0.3) is 0 Å². The molecule has 4 nitrogen and oxygen atoms in total. The number of nitrogens with one attached hydrogen (secondary N) is 1. The molecule has 0 radical (unpaired) electrons. The molecule has 1 aromatic heterocycles. The Balaban J connectivity index is 2.18. The monoisotopic (exact) mass is 237 g/mol. The van der Waals surface area contributed by atoms with Gasteiger partial charge in [-0.15, -0.1) is 0 Å². The molecule has 0 unspecified atom stereocenters. The summed E-state index contributed by atoms with van der Waals surface area (Å²) in [5.41, 5.74) is 1.22. The lowest BCUT2D eigenvalue weighted by molar-refractivity contribution is -0.119. The van der Waals surface area contributed by atoms with Crippen LogP contribution in [-0.2, 0) is 18.3 Å². The Bertz CT molecular complexity index is 363. The van der Waals surface area contributed by atoms with Crippen molar-refractivity contribution >= 4 is 5.78 Å². The van der Waals surface area contributed by atoms with Crippen LogP contribution < -0.4 is 5.32 Å². The number of Topliss-reactive ketones (excluding diaryl/α,β-unsaturated/α-hetero) is 1. The minimum absolute atomic E-state index is 0.0869. The molecular formula is C13H23N3O. The second-order valence-electron chi connectivity index (χ2n) is 5.49. The van der Waals surface area contributed by atoms with E-state index >= 15 is 0 Å². The van der Waals surface area contributed by atoms with E-state index in [0.717, 1.165) is 18.5 Å². The third-order valence-corrected chi connectivity index (χ3v) is 2.51. The molecule has 1 N–H and O–H groups in total. The molecule has 0 bridgehead atoms. The minimum Gasteiger partial charge on any atom is -0.312 e. The highest BCUT2D eigenvalue weighted by atomic mass is 16.1. The summed E-state index contributed by atoms with van der Waals surface area (Å²) in [5.74, 6) is 0.311. The summed E-state index contributed by atoms with van der Waals surface area (Å²) in [5, 5.41) is 7.40. The maximum atomic E-state index is 11.6. The first-order valence-electron chi connectivity index (χ1n) is 6.11. The first-order chi connectivity index (χ1) is 7.87. The van der Waals surface area contributed by atoms with Crippen LogP contribution in [0.2, 0.25) is 0 Å². The van der Waals surface area contributed by atoms with Gasteiger partial charge in [-0.25, -0.2) is 0 Å². The van der Waals surface area contributed by atoms with E-state index in [-0.39, 0.29) is 5.54 Å².